The quantitative estimate of drug-likeness (QED) is 0.0204. The number of rotatable bonds is 62. The summed E-state index contributed by atoms with van der Waals surface area (Å²) in [5, 5.41) is 87.3. The fourth-order valence-electron chi connectivity index (χ4n) is 12.3. The smallest absolute Gasteiger partial charge is 0.220 e. The molecule has 12 atom stereocenters. The van der Waals surface area contributed by atoms with Gasteiger partial charge >= 0.3 is 0 Å². The molecule has 0 saturated carbocycles. The molecule has 0 aromatic carbocycles. The summed E-state index contributed by atoms with van der Waals surface area (Å²) in [5.74, 6) is -0.234. The van der Waals surface area contributed by atoms with E-state index < -0.39 is 86.8 Å². The van der Waals surface area contributed by atoms with Gasteiger partial charge in [-0.2, -0.15) is 0 Å². The van der Waals surface area contributed by atoms with Gasteiger partial charge in [-0.1, -0.05) is 313 Å². The van der Waals surface area contributed by atoms with E-state index in [9.17, 15) is 45.6 Å². The molecule has 12 unspecified atom stereocenters. The van der Waals surface area contributed by atoms with Crippen molar-refractivity contribution in [3.8, 4) is 0 Å². The van der Waals surface area contributed by atoms with Gasteiger partial charge in [0.2, 0.25) is 5.91 Å². The topological polar surface area (TPSA) is 228 Å². The van der Waals surface area contributed by atoms with Crippen molar-refractivity contribution < 1.29 is 64.6 Å². The average Bonchev–Trinajstić information content (AvgIpc) is 2.74. The van der Waals surface area contributed by atoms with Crippen molar-refractivity contribution in [2.75, 3.05) is 19.8 Å². The molecule has 0 radical (unpaired) electrons. The average molecular weight is 1260 g/mol. The van der Waals surface area contributed by atoms with E-state index in [2.05, 4.69) is 55.6 Å². The van der Waals surface area contributed by atoms with Gasteiger partial charge in [0.05, 0.1) is 32.0 Å². The van der Waals surface area contributed by atoms with Gasteiger partial charge in [0.25, 0.3) is 0 Å². The molecule has 2 fully saturated rings. The van der Waals surface area contributed by atoms with Gasteiger partial charge in [0.1, 0.15) is 48.8 Å². The molecule has 2 aliphatic rings. The van der Waals surface area contributed by atoms with E-state index in [1.54, 1.807) is 6.08 Å². The van der Waals surface area contributed by atoms with Crippen LogP contribution in [0.15, 0.2) is 48.6 Å². The lowest BCUT2D eigenvalue weighted by Crippen LogP contribution is -2.65. The first-order valence-corrected chi connectivity index (χ1v) is 37.4. The largest absolute Gasteiger partial charge is 0.394 e. The molecule has 1 amide bonds. The number of hydrogen-bond acceptors (Lipinski definition) is 13. The zero-order chi connectivity index (χ0) is 64.5. The summed E-state index contributed by atoms with van der Waals surface area (Å²) in [4.78, 5) is 13.3. The molecule has 89 heavy (non-hydrogen) atoms. The summed E-state index contributed by atoms with van der Waals surface area (Å²) in [6, 6.07) is -0.913. The van der Waals surface area contributed by atoms with Crippen molar-refractivity contribution in [3.63, 3.8) is 0 Å². The lowest BCUT2D eigenvalue weighted by Gasteiger charge is -2.46. The zero-order valence-electron chi connectivity index (χ0n) is 56.9. The molecule has 2 aliphatic heterocycles. The molecule has 0 bridgehead atoms. The molecule has 2 saturated heterocycles. The maximum atomic E-state index is 13.3. The Balaban J connectivity index is 1.53. The molecular formula is C75H139NO13. The van der Waals surface area contributed by atoms with Crippen LogP contribution in [0.5, 0.6) is 0 Å². The molecule has 0 spiro atoms. The monoisotopic (exact) mass is 1260 g/mol. The summed E-state index contributed by atoms with van der Waals surface area (Å²) < 4.78 is 22.8. The number of allylic oxidation sites excluding steroid dienone is 7. The van der Waals surface area contributed by atoms with E-state index in [-0.39, 0.29) is 18.9 Å². The molecule has 14 heteroatoms. The van der Waals surface area contributed by atoms with Gasteiger partial charge in [-0.25, -0.2) is 0 Å². The third kappa shape index (κ3) is 43.5. The second-order valence-electron chi connectivity index (χ2n) is 26.4. The molecular weight excluding hydrogens is 1120 g/mol. The van der Waals surface area contributed by atoms with Crippen LogP contribution in [0, 0.1) is 0 Å². The molecule has 522 valence electrons. The lowest BCUT2D eigenvalue weighted by molar-refractivity contribution is -0.359. The van der Waals surface area contributed by atoms with Crippen molar-refractivity contribution in [3.05, 3.63) is 48.6 Å². The number of carbonyl (C=O) groups excluding carboxylic acids is 1. The Bertz CT molecular complexity index is 1680. The van der Waals surface area contributed by atoms with Gasteiger partial charge in [-0.3, -0.25) is 4.79 Å². The number of unbranched alkanes of at least 4 members (excludes halogenated alkanes) is 43. The highest BCUT2D eigenvalue weighted by Crippen LogP contribution is 2.30. The summed E-state index contributed by atoms with van der Waals surface area (Å²) in [7, 11) is 0. The van der Waals surface area contributed by atoms with Gasteiger partial charge < -0.3 is 65.1 Å². The Morgan fingerprint density at radius 3 is 1.13 bits per heavy atom. The second-order valence-corrected chi connectivity index (χ2v) is 26.4. The maximum absolute atomic E-state index is 13.3. The van der Waals surface area contributed by atoms with Crippen LogP contribution in [0.25, 0.3) is 0 Å². The molecule has 0 aromatic rings. The normalized spacial score (nSPS) is 23.3. The minimum atomic E-state index is -1.79. The number of aliphatic hydroxyl groups is 8. The minimum absolute atomic E-state index is 0.234. The number of carbonyl (C=O) groups is 1. The van der Waals surface area contributed by atoms with Crippen LogP contribution in [-0.2, 0) is 23.7 Å². The van der Waals surface area contributed by atoms with Crippen LogP contribution in [0.1, 0.15) is 328 Å². The van der Waals surface area contributed by atoms with Gasteiger partial charge in [-0.15, -0.1) is 0 Å². The second kappa shape index (κ2) is 59.7. The van der Waals surface area contributed by atoms with E-state index in [4.69, 9.17) is 18.9 Å². The Morgan fingerprint density at radius 1 is 0.404 bits per heavy atom. The highest BCUT2D eigenvalue weighted by atomic mass is 16.7. The maximum Gasteiger partial charge on any atom is 0.220 e. The van der Waals surface area contributed by atoms with Crippen LogP contribution in [0.4, 0.5) is 0 Å². The Labute approximate surface area is 543 Å². The molecule has 0 aliphatic carbocycles. The highest BCUT2D eigenvalue weighted by molar-refractivity contribution is 5.76. The fourth-order valence-corrected chi connectivity index (χ4v) is 12.3. The van der Waals surface area contributed by atoms with E-state index in [0.717, 1.165) is 51.4 Å². The van der Waals surface area contributed by atoms with Gasteiger partial charge in [0.15, 0.2) is 12.6 Å². The molecule has 2 rings (SSSR count). The van der Waals surface area contributed by atoms with Gasteiger partial charge in [-0.05, 0) is 57.8 Å². The number of nitrogens with one attached hydrogen (secondary N) is 1. The van der Waals surface area contributed by atoms with Crippen molar-refractivity contribution >= 4 is 5.91 Å². The minimum Gasteiger partial charge on any atom is -0.394 e. The molecule has 2 heterocycles. The molecule has 9 N–H and O–H groups in total. The summed E-state index contributed by atoms with van der Waals surface area (Å²) in [5.41, 5.74) is 0. The Kier molecular flexibility index (Phi) is 55.7. The van der Waals surface area contributed by atoms with Crippen LogP contribution in [-0.4, -0.2) is 140 Å². The molecule has 0 aromatic heterocycles. The summed E-state index contributed by atoms with van der Waals surface area (Å²) >= 11 is 0. The van der Waals surface area contributed by atoms with Crippen molar-refractivity contribution in [1.82, 2.24) is 5.32 Å². The van der Waals surface area contributed by atoms with Gasteiger partial charge in [0, 0.05) is 6.42 Å². The Hall–Kier alpha value is -2.05. The third-order valence-corrected chi connectivity index (χ3v) is 18.3. The predicted octanol–water partition coefficient (Wildman–Crippen LogP) is 15.9. The SMILES string of the molecule is CCCCCCC/C=C\C/C=C\C/C=C\CCCCCCCCCCCCCCCCCCCCCCCCCCCCC(=O)NC(COC1OC(CO)C(OC2OC(CO)C(O)C(O)C2O)C(O)C1O)C(O)/C=C/CCCCCCCCCCCCCC. The number of aliphatic hydroxyl groups excluding tert-OH is 8. The van der Waals surface area contributed by atoms with E-state index >= 15 is 0 Å². The third-order valence-electron chi connectivity index (χ3n) is 18.3. The number of ether oxygens (including phenoxy) is 4. The predicted molar refractivity (Wildman–Crippen MR) is 364 cm³/mol. The van der Waals surface area contributed by atoms with Crippen LogP contribution < -0.4 is 5.32 Å². The first-order chi connectivity index (χ1) is 43.6. The van der Waals surface area contributed by atoms with Crippen molar-refractivity contribution in [2.24, 2.45) is 0 Å². The van der Waals surface area contributed by atoms with Crippen LogP contribution in [0.2, 0.25) is 0 Å². The first-order valence-electron chi connectivity index (χ1n) is 37.4. The van der Waals surface area contributed by atoms with Crippen LogP contribution in [0.3, 0.4) is 0 Å². The van der Waals surface area contributed by atoms with E-state index in [0.29, 0.717) is 6.42 Å². The zero-order valence-corrected chi connectivity index (χ0v) is 56.9. The summed E-state index contributed by atoms with van der Waals surface area (Å²) in [6.45, 7) is 2.81. The Morgan fingerprint density at radius 2 is 0.742 bits per heavy atom. The highest BCUT2D eigenvalue weighted by Gasteiger charge is 2.51. The van der Waals surface area contributed by atoms with E-state index in [1.807, 2.05) is 6.08 Å². The van der Waals surface area contributed by atoms with Crippen LogP contribution >= 0.6 is 0 Å². The number of amides is 1. The first kappa shape index (κ1) is 83.0. The lowest BCUT2D eigenvalue weighted by atomic mass is 9.97. The fraction of sp³-hybridized carbons (Fsp3) is 0.880. The van der Waals surface area contributed by atoms with Crippen molar-refractivity contribution in [1.29, 1.82) is 0 Å². The standard InChI is InChI=1S/C75H139NO13/c1-3-5-7-9-11-13-15-17-19-20-21-22-23-24-25-26-27-28-29-30-31-32-33-34-35-36-37-38-39-40-41-42-43-44-45-47-49-51-53-55-57-59-67(80)76-63(64(79)58-56-54-52-50-48-46-18-16-14-12-10-8-6-4-2)62-86-74-72(85)70(83)73(66(61-78)88-74)89-75-71(84)69(82)68(81)65(60-77)87-75/h15,17,20-21,23-24,56,58,63-66,68-75,77-79,81-85H,3-14,16,18-19,22,25-55,57,59-62H2,1-2H3,(H,76,80)/b17-15-,21-20-,24-23-,58-56+. The van der Waals surface area contributed by atoms with E-state index in [1.165, 1.54) is 250 Å². The summed E-state index contributed by atoms with van der Waals surface area (Å²) in [6.07, 6.45) is 62.1. The number of hydrogen-bond donors (Lipinski definition) is 9. The van der Waals surface area contributed by atoms with Crippen molar-refractivity contribution in [2.45, 2.75) is 402 Å². The molecule has 14 nitrogen and oxygen atoms in total.